The van der Waals surface area contributed by atoms with E-state index in [4.69, 9.17) is 0 Å². The van der Waals surface area contributed by atoms with Crippen LogP contribution < -0.4 is 5.32 Å². The summed E-state index contributed by atoms with van der Waals surface area (Å²) in [7, 11) is 0. The van der Waals surface area contributed by atoms with Crippen molar-refractivity contribution in [1.82, 2.24) is 10.2 Å². The number of halogens is 1. The minimum absolute atomic E-state index is 0.0296. The Morgan fingerprint density at radius 2 is 1.89 bits per heavy atom. The lowest BCUT2D eigenvalue weighted by Gasteiger charge is -2.25. The molecule has 1 heterocycles. The number of carbonyl (C=O) groups excluding carboxylic acids is 1. The number of nitrogens with one attached hydrogen (secondary N) is 1. The Morgan fingerprint density at radius 1 is 1.22 bits per heavy atom. The van der Waals surface area contributed by atoms with Crippen LogP contribution in [0.5, 0.6) is 0 Å². The van der Waals surface area contributed by atoms with E-state index in [-0.39, 0.29) is 18.1 Å². The van der Waals surface area contributed by atoms with Crippen molar-refractivity contribution in [1.29, 1.82) is 0 Å². The van der Waals surface area contributed by atoms with Gasteiger partial charge >= 0.3 is 0 Å². The summed E-state index contributed by atoms with van der Waals surface area (Å²) in [6.07, 6.45) is 2.09. The van der Waals surface area contributed by atoms with Crippen LogP contribution in [0.2, 0.25) is 0 Å². The molecular weight excluding hydrogens is 231 g/mol. The average molecular weight is 250 g/mol. The summed E-state index contributed by atoms with van der Waals surface area (Å²) in [5.41, 5.74) is 0.489. The first-order chi connectivity index (χ1) is 8.77. The molecule has 0 bridgehead atoms. The summed E-state index contributed by atoms with van der Waals surface area (Å²) in [6.45, 7) is 3.42. The Labute approximate surface area is 107 Å². The number of hydrogen-bond acceptors (Lipinski definition) is 2. The van der Waals surface area contributed by atoms with Crippen LogP contribution in [0.3, 0.4) is 0 Å². The van der Waals surface area contributed by atoms with E-state index in [1.165, 1.54) is 6.07 Å². The molecule has 2 rings (SSSR count). The second-order valence-electron chi connectivity index (χ2n) is 4.61. The van der Waals surface area contributed by atoms with Gasteiger partial charge in [0.2, 0.25) is 5.91 Å². The van der Waals surface area contributed by atoms with Gasteiger partial charge in [0.15, 0.2) is 0 Å². The quantitative estimate of drug-likeness (QED) is 0.864. The fraction of sp³-hybridized carbons (Fsp3) is 0.500. The van der Waals surface area contributed by atoms with E-state index in [0.717, 1.165) is 39.0 Å². The molecule has 0 saturated carbocycles. The van der Waals surface area contributed by atoms with Crippen molar-refractivity contribution in [3.8, 4) is 0 Å². The molecule has 1 aliphatic rings. The summed E-state index contributed by atoms with van der Waals surface area (Å²) in [5, 5.41) is 3.31. The van der Waals surface area contributed by atoms with Crippen molar-refractivity contribution >= 4 is 5.91 Å². The lowest BCUT2D eigenvalue weighted by Crippen LogP contribution is -2.38. The smallest absolute Gasteiger partial charge is 0.227 e. The Balaban J connectivity index is 1.96. The molecule has 1 aromatic rings. The lowest BCUT2D eigenvalue weighted by molar-refractivity contribution is -0.130. The van der Waals surface area contributed by atoms with E-state index in [9.17, 15) is 9.18 Å². The molecule has 0 atom stereocenters. The zero-order valence-corrected chi connectivity index (χ0v) is 10.5. The molecule has 1 amide bonds. The highest BCUT2D eigenvalue weighted by molar-refractivity contribution is 5.78. The van der Waals surface area contributed by atoms with E-state index in [1.807, 2.05) is 4.90 Å². The van der Waals surface area contributed by atoms with Gasteiger partial charge in [-0.05, 0) is 37.6 Å². The van der Waals surface area contributed by atoms with Crippen molar-refractivity contribution in [2.24, 2.45) is 0 Å². The monoisotopic (exact) mass is 250 g/mol. The Kier molecular flexibility index (Phi) is 4.70. The SMILES string of the molecule is O=C(Cc1ccccc1F)N1CCCNCCC1. The van der Waals surface area contributed by atoms with E-state index in [0.29, 0.717) is 5.56 Å². The number of nitrogens with zero attached hydrogens (tertiary/aromatic N) is 1. The van der Waals surface area contributed by atoms with Crippen LogP contribution in [0, 0.1) is 5.82 Å². The van der Waals surface area contributed by atoms with Crippen molar-refractivity contribution in [3.63, 3.8) is 0 Å². The van der Waals surface area contributed by atoms with Gasteiger partial charge in [-0.3, -0.25) is 4.79 Å². The van der Waals surface area contributed by atoms with Crippen LogP contribution in [0.15, 0.2) is 24.3 Å². The van der Waals surface area contributed by atoms with Crippen LogP contribution in [0.25, 0.3) is 0 Å². The molecule has 1 aromatic carbocycles. The highest BCUT2D eigenvalue weighted by Gasteiger charge is 2.16. The maximum atomic E-state index is 13.5. The van der Waals surface area contributed by atoms with Crippen LogP contribution in [-0.2, 0) is 11.2 Å². The molecule has 1 fully saturated rings. The van der Waals surface area contributed by atoms with Crippen LogP contribution in [0.4, 0.5) is 4.39 Å². The Hall–Kier alpha value is -1.42. The standard InChI is InChI=1S/C14H19FN2O/c15-13-6-2-1-5-12(13)11-14(18)17-9-3-7-16-8-4-10-17/h1-2,5-6,16H,3-4,7-11H2. The predicted molar refractivity (Wildman–Crippen MR) is 68.8 cm³/mol. The molecule has 0 spiro atoms. The van der Waals surface area contributed by atoms with Crippen molar-refractivity contribution in [2.45, 2.75) is 19.3 Å². The fourth-order valence-corrected chi connectivity index (χ4v) is 2.19. The van der Waals surface area contributed by atoms with Gasteiger partial charge in [-0.25, -0.2) is 4.39 Å². The van der Waals surface area contributed by atoms with Crippen molar-refractivity contribution in [3.05, 3.63) is 35.6 Å². The maximum Gasteiger partial charge on any atom is 0.227 e. The largest absolute Gasteiger partial charge is 0.342 e. The Bertz CT molecular complexity index is 401. The average Bonchev–Trinajstić information content (AvgIpc) is 2.31. The molecule has 0 aliphatic carbocycles. The molecule has 1 N–H and O–H groups in total. The van der Waals surface area contributed by atoms with Gasteiger partial charge in [0.05, 0.1) is 6.42 Å². The van der Waals surface area contributed by atoms with Gasteiger partial charge in [0, 0.05) is 13.1 Å². The first-order valence-corrected chi connectivity index (χ1v) is 6.49. The molecule has 0 aromatic heterocycles. The molecule has 0 unspecified atom stereocenters. The zero-order valence-electron chi connectivity index (χ0n) is 10.5. The normalized spacial score (nSPS) is 17.1. The van der Waals surface area contributed by atoms with Crippen molar-refractivity contribution < 1.29 is 9.18 Å². The molecule has 0 radical (unpaired) electrons. The van der Waals surface area contributed by atoms with Crippen molar-refractivity contribution in [2.75, 3.05) is 26.2 Å². The first-order valence-electron chi connectivity index (χ1n) is 6.49. The van der Waals surface area contributed by atoms with Gasteiger partial charge in [-0.15, -0.1) is 0 Å². The topological polar surface area (TPSA) is 32.3 Å². The van der Waals surface area contributed by atoms with E-state index in [1.54, 1.807) is 18.2 Å². The third-order valence-corrected chi connectivity index (χ3v) is 3.22. The Morgan fingerprint density at radius 3 is 2.56 bits per heavy atom. The van der Waals surface area contributed by atoms with Gasteiger partial charge < -0.3 is 10.2 Å². The lowest BCUT2D eigenvalue weighted by atomic mass is 10.1. The molecule has 1 aliphatic heterocycles. The summed E-state index contributed by atoms with van der Waals surface area (Å²) >= 11 is 0. The number of benzene rings is 1. The van der Waals surface area contributed by atoms with Gasteiger partial charge in [0.1, 0.15) is 5.82 Å². The predicted octanol–water partition coefficient (Wildman–Crippen LogP) is 1.58. The summed E-state index contributed by atoms with van der Waals surface area (Å²) in [5.74, 6) is -0.262. The van der Waals surface area contributed by atoms with E-state index >= 15 is 0 Å². The number of rotatable bonds is 2. The van der Waals surface area contributed by atoms with Crippen LogP contribution in [0.1, 0.15) is 18.4 Å². The maximum absolute atomic E-state index is 13.5. The van der Waals surface area contributed by atoms with E-state index in [2.05, 4.69) is 5.32 Å². The van der Waals surface area contributed by atoms with Crippen LogP contribution in [-0.4, -0.2) is 37.0 Å². The minimum atomic E-state index is -0.292. The number of carbonyl (C=O) groups is 1. The van der Waals surface area contributed by atoms with Gasteiger partial charge in [0.25, 0.3) is 0 Å². The highest BCUT2D eigenvalue weighted by atomic mass is 19.1. The molecule has 18 heavy (non-hydrogen) atoms. The number of hydrogen-bond donors (Lipinski definition) is 1. The van der Waals surface area contributed by atoms with Gasteiger partial charge in [-0.1, -0.05) is 18.2 Å². The molecular formula is C14H19FN2O. The van der Waals surface area contributed by atoms with Crippen LogP contribution >= 0.6 is 0 Å². The molecule has 4 heteroatoms. The molecule has 98 valence electrons. The summed E-state index contributed by atoms with van der Waals surface area (Å²) < 4.78 is 13.5. The first kappa shape index (κ1) is 13.0. The highest BCUT2D eigenvalue weighted by Crippen LogP contribution is 2.09. The third kappa shape index (κ3) is 3.53. The minimum Gasteiger partial charge on any atom is -0.342 e. The third-order valence-electron chi connectivity index (χ3n) is 3.22. The molecule has 1 saturated heterocycles. The number of amides is 1. The summed E-state index contributed by atoms with van der Waals surface area (Å²) in [4.78, 5) is 14.0. The van der Waals surface area contributed by atoms with Gasteiger partial charge in [-0.2, -0.15) is 0 Å². The molecule has 3 nitrogen and oxygen atoms in total. The zero-order chi connectivity index (χ0) is 12.8. The summed E-state index contributed by atoms with van der Waals surface area (Å²) in [6, 6.07) is 6.49. The van der Waals surface area contributed by atoms with E-state index < -0.39 is 0 Å². The fourth-order valence-electron chi connectivity index (χ4n) is 2.19. The second-order valence-corrected chi connectivity index (χ2v) is 4.61. The second kappa shape index (κ2) is 6.50.